The van der Waals surface area contributed by atoms with E-state index in [0.717, 1.165) is 25.9 Å². The van der Waals surface area contributed by atoms with Crippen LogP contribution in [-0.2, 0) is 4.79 Å². The highest BCUT2D eigenvalue weighted by atomic mass is 35.5. The zero-order valence-corrected chi connectivity index (χ0v) is 10.8. The quantitative estimate of drug-likeness (QED) is 0.862. The fourth-order valence-corrected chi connectivity index (χ4v) is 1.89. The van der Waals surface area contributed by atoms with Crippen LogP contribution in [0.5, 0.6) is 6.01 Å². The zero-order valence-electron chi connectivity index (χ0n) is 10.0. The van der Waals surface area contributed by atoms with Crippen LogP contribution in [0.15, 0.2) is 0 Å². The van der Waals surface area contributed by atoms with E-state index in [-0.39, 0.29) is 29.7 Å². The van der Waals surface area contributed by atoms with Gasteiger partial charge in [-0.2, -0.15) is 15.0 Å². The lowest BCUT2D eigenvalue weighted by molar-refractivity contribution is -0.128. The number of methoxy groups -OCH3 is 1. The summed E-state index contributed by atoms with van der Waals surface area (Å²) in [5.74, 6) is 0.266. The topological polar surface area (TPSA) is 80.2 Å². The molecule has 1 fully saturated rings. The van der Waals surface area contributed by atoms with Crippen molar-refractivity contribution in [1.82, 2.24) is 19.9 Å². The van der Waals surface area contributed by atoms with E-state index in [1.807, 2.05) is 4.90 Å². The fraction of sp³-hybridized carbons (Fsp3) is 0.600. The first kappa shape index (κ1) is 12.8. The smallest absolute Gasteiger partial charge is 0.322 e. The van der Waals surface area contributed by atoms with Crippen LogP contribution >= 0.6 is 11.6 Å². The second-order valence-electron chi connectivity index (χ2n) is 3.86. The number of likely N-dealkylation sites (tertiary alicyclic amines) is 1. The lowest BCUT2D eigenvalue weighted by Crippen LogP contribution is -2.33. The first-order valence-electron chi connectivity index (χ1n) is 5.66. The first-order chi connectivity index (χ1) is 8.69. The molecule has 8 heteroatoms. The van der Waals surface area contributed by atoms with E-state index in [0.29, 0.717) is 0 Å². The number of rotatable bonds is 4. The molecule has 1 aromatic heterocycles. The first-order valence-corrected chi connectivity index (χ1v) is 6.04. The summed E-state index contributed by atoms with van der Waals surface area (Å²) in [6.45, 7) is 1.78. The van der Waals surface area contributed by atoms with Crippen LogP contribution in [0.1, 0.15) is 12.8 Å². The Morgan fingerprint density at radius 2 is 2.11 bits per heavy atom. The third kappa shape index (κ3) is 3.19. The number of anilines is 1. The number of halogens is 1. The zero-order chi connectivity index (χ0) is 13.0. The molecule has 0 unspecified atom stereocenters. The summed E-state index contributed by atoms with van der Waals surface area (Å²) in [5.41, 5.74) is 0. The molecule has 1 aliphatic heterocycles. The molecule has 0 aromatic carbocycles. The van der Waals surface area contributed by atoms with Gasteiger partial charge in [-0.1, -0.05) is 0 Å². The van der Waals surface area contributed by atoms with Crippen molar-refractivity contribution < 1.29 is 9.53 Å². The monoisotopic (exact) mass is 271 g/mol. The number of carbonyl (C=O) groups is 1. The highest BCUT2D eigenvalue weighted by Gasteiger charge is 2.17. The van der Waals surface area contributed by atoms with Crippen molar-refractivity contribution in [2.24, 2.45) is 0 Å². The summed E-state index contributed by atoms with van der Waals surface area (Å²) < 4.78 is 4.86. The molecule has 2 rings (SSSR count). The van der Waals surface area contributed by atoms with Gasteiger partial charge in [-0.25, -0.2) is 0 Å². The van der Waals surface area contributed by atoms with E-state index in [1.54, 1.807) is 0 Å². The molecule has 2 heterocycles. The van der Waals surface area contributed by atoms with Gasteiger partial charge in [0.05, 0.1) is 13.7 Å². The number of hydrogen-bond acceptors (Lipinski definition) is 6. The minimum absolute atomic E-state index is 0.0259. The SMILES string of the molecule is COc1nc(Cl)nc(NCC(=O)N2CCCC2)n1. The largest absolute Gasteiger partial charge is 0.467 e. The van der Waals surface area contributed by atoms with E-state index < -0.39 is 0 Å². The number of nitrogens with zero attached hydrogens (tertiary/aromatic N) is 4. The van der Waals surface area contributed by atoms with Crippen LogP contribution in [-0.4, -0.2) is 52.5 Å². The number of aromatic nitrogens is 3. The highest BCUT2D eigenvalue weighted by Crippen LogP contribution is 2.11. The lowest BCUT2D eigenvalue weighted by Gasteiger charge is -2.15. The van der Waals surface area contributed by atoms with E-state index in [9.17, 15) is 4.79 Å². The fourth-order valence-electron chi connectivity index (χ4n) is 1.74. The van der Waals surface area contributed by atoms with Gasteiger partial charge in [0.15, 0.2) is 0 Å². The molecule has 0 spiro atoms. The second kappa shape index (κ2) is 5.81. The number of hydrogen-bond donors (Lipinski definition) is 1. The number of ether oxygens (including phenoxy) is 1. The summed E-state index contributed by atoms with van der Waals surface area (Å²) in [7, 11) is 1.44. The minimum atomic E-state index is 0.0259. The van der Waals surface area contributed by atoms with E-state index in [1.165, 1.54) is 7.11 Å². The summed E-state index contributed by atoms with van der Waals surface area (Å²) in [6, 6.07) is 0.117. The molecule has 1 aliphatic rings. The Kier molecular flexibility index (Phi) is 4.14. The number of amides is 1. The van der Waals surface area contributed by atoms with E-state index in [4.69, 9.17) is 16.3 Å². The van der Waals surface area contributed by atoms with Gasteiger partial charge in [0, 0.05) is 13.1 Å². The van der Waals surface area contributed by atoms with Crippen LogP contribution in [0.4, 0.5) is 5.95 Å². The molecule has 0 bridgehead atoms. The molecule has 0 atom stereocenters. The summed E-state index contributed by atoms with van der Waals surface area (Å²) in [6.07, 6.45) is 2.13. The average Bonchev–Trinajstić information content (AvgIpc) is 2.89. The van der Waals surface area contributed by atoms with Gasteiger partial charge in [0.25, 0.3) is 0 Å². The van der Waals surface area contributed by atoms with Crippen molar-refractivity contribution in [3.05, 3.63) is 5.28 Å². The molecule has 1 amide bonds. The predicted molar refractivity (Wildman–Crippen MR) is 65.7 cm³/mol. The van der Waals surface area contributed by atoms with Gasteiger partial charge in [-0.3, -0.25) is 4.79 Å². The number of carbonyl (C=O) groups excluding carboxylic acids is 1. The van der Waals surface area contributed by atoms with Crippen LogP contribution in [0, 0.1) is 0 Å². The maximum absolute atomic E-state index is 11.8. The molecule has 0 aliphatic carbocycles. The van der Waals surface area contributed by atoms with Gasteiger partial charge >= 0.3 is 6.01 Å². The Hall–Kier alpha value is -1.63. The maximum atomic E-state index is 11.8. The molecule has 0 saturated carbocycles. The van der Waals surface area contributed by atoms with Gasteiger partial charge in [0.2, 0.25) is 17.1 Å². The summed E-state index contributed by atoms with van der Waals surface area (Å²) >= 11 is 5.69. The third-order valence-corrected chi connectivity index (χ3v) is 2.80. The molecule has 0 radical (unpaired) electrons. The Balaban J connectivity index is 1.92. The van der Waals surface area contributed by atoms with Crippen molar-refractivity contribution >= 4 is 23.5 Å². The van der Waals surface area contributed by atoms with Crippen LogP contribution in [0.3, 0.4) is 0 Å². The van der Waals surface area contributed by atoms with Crippen LogP contribution in [0.2, 0.25) is 5.28 Å². The van der Waals surface area contributed by atoms with E-state index in [2.05, 4.69) is 20.3 Å². The molecule has 1 N–H and O–H groups in total. The van der Waals surface area contributed by atoms with Crippen molar-refractivity contribution in [2.75, 3.05) is 32.1 Å². The molecule has 7 nitrogen and oxygen atoms in total. The Labute approximate surface area is 110 Å². The third-order valence-electron chi connectivity index (χ3n) is 2.63. The number of nitrogens with one attached hydrogen (secondary N) is 1. The highest BCUT2D eigenvalue weighted by molar-refractivity contribution is 6.28. The molecular formula is C10H14ClN5O2. The van der Waals surface area contributed by atoms with Crippen molar-refractivity contribution in [2.45, 2.75) is 12.8 Å². The average molecular weight is 272 g/mol. The molecule has 98 valence electrons. The molecule has 1 saturated heterocycles. The minimum Gasteiger partial charge on any atom is -0.467 e. The molecule has 18 heavy (non-hydrogen) atoms. The molecular weight excluding hydrogens is 258 g/mol. The Morgan fingerprint density at radius 1 is 1.39 bits per heavy atom. The predicted octanol–water partition coefficient (Wildman–Crippen LogP) is 0.568. The standard InChI is InChI=1S/C10H14ClN5O2/c1-18-10-14-8(11)13-9(15-10)12-6-7(17)16-4-2-3-5-16/h2-6H2,1H3,(H,12,13,14,15). The van der Waals surface area contributed by atoms with Gasteiger partial charge < -0.3 is 15.0 Å². The van der Waals surface area contributed by atoms with Crippen LogP contribution < -0.4 is 10.1 Å². The lowest BCUT2D eigenvalue weighted by atomic mass is 10.4. The van der Waals surface area contributed by atoms with Crippen molar-refractivity contribution in [3.8, 4) is 6.01 Å². The Bertz CT molecular complexity index is 436. The van der Waals surface area contributed by atoms with Crippen LogP contribution in [0.25, 0.3) is 0 Å². The molecule has 1 aromatic rings. The summed E-state index contributed by atoms with van der Waals surface area (Å²) in [5, 5.41) is 2.84. The van der Waals surface area contributed by atoms with Crippen molar-refractivity contribution in [1.29, 1.82) is 0 Å². The van der Waals surface area contributed by atoms with Gasteiger partial charge in [0.1, 0.15) is 0 Å². The van der Waals surface area contributed by atoms with E-state index >= 15 is 0 Å². The van der Waals surface area contributed by atoms with Crippen molar-refractivity contribution in [3.63, 3.8) is 0 Å². The summed E-state index contributed by atoms with van der Waals surface area (Å²) in [4.78, 5) is 25.1. The Morgan fingerprint density at radius 3 is 2.78 bits per heavy atom. The second-order valence-corrected chi connectivity index (χ2v) is 4.19. The maximum Gasteiger partial charge on any atom is 0.322 e. The van der Waals surface area contributed by atoms with Gasteiger partial charge in [-0.15, -0.1) is 0 Å². The normalized spacial score (nSPS) is 14.7. The van der Waals surface area contributed by atoms with Gasteiger partial charge in [-0.05, 0) is 24.4 Å².